The lowest BCUT2D eigenvalue weighted by Crippen LogP contribution is -2.50. The lowest BCUT2D eigenvalue weighted by Gasteiger charge is -2.34. The zero-order valence-corrected chi connectivity index (χ0v) is 23.9. The molecule has 3 heterocycles. The number of carbonyl (C=O) groups excluding carboxylic acids is 3. The van der Waals surface area contributed by atoms with Gasteiger partial charge in [0, 0.05) is 45.0 Å². The summed E-state index contributed by atoms with van der Waals surface area (Å²) in [6.45, 7) is 6.35. The Kier molecular flexibility index (Phi) is 12.2. The molecule has 0 radical (unpaired) electrons. The van der Waals surface area contributed by atoms with Crippen molar-refractivity contribution >= 4 is 17.7 Å². The van der Waals surface area contributed by atoms with Crippen molar-refractivity contribution in [3.05, 3.63) is 53.9 Å². The molecule has 10 heteroatoms. The molecule has 218 valence electrons. The molecule has 0 saturated heterocycles. The van der Waals surface area contributed by atoms with E-state index < -0.39 is 5.41 Å². The van der Waals surface area contributed by atoms with Gasteiger partial charge in [-0.05, 0) is 67.5 Å². The summed E-state index contributed by atoms with van der Waals surface area (Å²) >= 11 is 0. The van der Waals surface area contributed by atoms with Crippen LogP contribution in [-0.4, -0.2) is 62.6 Å². The van der Waals surface area contributed by atoms with Gasteiger partial charge in [-0.2, -0.15) is 0 Å². The van der Waals surface area contributed by atoms with Crippen LogP contribution in [0, 0.1) is 11.3 Å². The molecule has 2 aromatic rings. The summed E-state index contributed by atoms with van der Waals surface area (Å²) in [5.74, 6) is 0.840. The first-order valence-corrected chi connectivity index (χ1v) is 14.0. The third-order valence-corrected chi connectivity index (χ3v) is 6.99. The standard InChI is InChI=1S/C30H43N5O5/c1-22(2)10-11-30(29(38)34-19-24-6-4-13-32-18-24)17-23-8-9-25(26(16-23)39-3)40-20-28(37)33-15-14-31-12-5-7-27(36)35-21-30/h4,6,8-9,13,16,18,22,31H,5,7,10-12,14-15,17,19-21H2,1-3H3,(H,33,37)(H,34,38)(H,35,36). The quantitative estimate of drug-likeness (QED) is 0.387. The number of ether oxygens (including phenoxy) is 2. The van der Waals surface area contributed by atoms with Gasteiger partial charge in [-0.15, -0.1) is 0 Å². The Morgan fingerprint density at radius 2 is 2.00 bits per heavy atom. The summed E-state index contributed by atoms with van der Waals surface area (Å²) in [7, 11) is 1.54. The highest BCUT2D eigenvalue weighted by atomic mass is 16.5. The average Bonchev–Trinajstić information content (AvgIpc) is 2.96. The van der Waals surface area contributed by atoms with Crippen molar-refractivity contribution in [3.8, 4) is 11.5 Å². The highest BCUT2D eigenvalue weighted by Crippen LogP contribution is 2.35. The van der Waals surface area contributed by atoms with Gasteiger partial charge in [-0.25, -0.2) is 0 Å². The summed E-state index contributed by atoms with van der Waals surface area (Å²) < 4.78 is 11.3. The molecule has 1 aromatic heterocycles. The van der Waals surface area contributed by atoms with Crippen LogP contribution < -0.4 is 30.7 Å². The van der Waals surface area contributed by atoms with Crippen LogP contribution in [0.1, 0.15) is 50.7 Å². The van der Waals surface area contributed by atoms with Crippen molar-refractivity contribution in [1.82, 2.24) is 26.3 Å². The molecule has 4 N–H and O–H groups in total. The molecule has 3 amide bonds. The van der Waals surface area contributed by atoms with E-state index in [-0.39, 0.29) is 30.9 Å². The van der Waals surface area contributed by atoms with Gasteiger partial charge >= 0.3 is 0 Å². The summed E-state index contributed by atoms with van der Waals surface area (Å²) in [6, 6.07) is 9.24. The van der Waals surface area contributed by atoms with E-state index in [9.17, 15) is 14.4 Å². The molecule has 0 aliphatic carbocycles. The number of carbonyl (C=O) groups is 3. The fourth-order valence-corrected chi connectivity index (χ4v) is 4.62. The maximum Gasteiger partial charge on any atom is 0.257 e. The number of methoxy groups -OCH3 is 1. The van der Waals surface area contributed by atoms with E-state index in [0.29, 0.717) is 69.3 Å². The molecule has 2 aliphatic rings. The maximum atomic E-state index is 14.0. The average molecular weight is 554 g/mol. The van der Waals surface area contributed by atoms with Crippen LogP contribution in [0.15, 0.2) is 42.7 Å². The predicted octanol–water partition coefficient (Wildman–Crippen LogP) is 2.37. The molecule has 0 fully saturated rings. The minimum atomic E-state index is -0.892. The minimum Gasteiger partial charge on any atom is -0.493 e. The molecule has 1 aromatic carbocycles. The third-order valence-electron chi connectivity index (χ3n) is 6.99. The number of nitrogens with zero attached hydrogens (tertiary/aromatic N) is 1. The predicted molar refractivity (Wildman–Crippen MR) is 153 cm³/mol. The summed E-state index contributed by atoms with van der Waals surface area (Å²) in [5.41, 5.74) is 0.872. The van der Waals surface area contributed by atoms with E-state index in [4.69, 9.17) is 9.47 Å². The number of amides is 3. The molecule has 4 rings (SSSR count). The zero-order chi connectivity index (χ0) is 28.8. The molecule has 1 unspecified atom stereocenters. The SMILES string of the molecule is COc1cc2ccc1OCC(=O)NCCNCCCC(=O)NCC(CCC(C)C)(C(=O)NCc1cccnc1)C2. The van der Waals surface area contributed by atoms with Gasteiger partial charge in [0.25, 0.3) is 5.91 Å². The Balaban J connectivity index is 1.93. The minimum absolute atomic E-state index is 0.0941. The summed E-state index contributed by atoms with van der Waals surface area (Å²) in [6.07, 6.45) is 6.20. The zero-order valence-electron chi connectivity index (χ0n) is 23.9. The van der Waals surface area contributed by atoms with Crippen molar-refractivity contribution in [2.24, 2.45) is 11.3 Å². The Labute approximate surface area is 237 Å². The number of hydrogen-bond donors (Lipinski definition) is 4. The van der Waals surface area contributed by atoms with Crippen LogP contribution in [-0.2, 0) is 27.3 Å². The molecule has 2 aliphatic heterocycles. The van der Waals surface area contributed by atoms with Crippen LogP contribution in [0.4, 0.5) is 0 Å². The van der Waals surface area contributed by atoms with Crippen molar-refractivity contribution in [2.75, 3.05) is 39.9 Å². The first-order valence-electron chi connectivity index (χ1n) is 14.0. The molecule has 2 bridgehead atoms. The molecule has 0 spiro atoms. The molecule has 1 atom stereocenters. The van der Waals surface area contributed by atoms with Gasteiger partial charge in [-0.1, -0.05) is 26.0 Å². The monoisotopic (exact) mass is 553 g/mol. The van der Waals surface area contributed by atoms with Gasteiger partial charge in [0.2, 0.25) is 11.8 Å². The second-order valence-electron chi connectivity index (χ2n) is 10.7. The van der Waals surface area contributed by atoms with E-state index in [1.165, 1.54) is 0 Å². The highest BCUT2D eigenvalue weighted by Gasteiger charge is 2.39. The molecular weight excluding hydrogens is 510 g/mol. The van der Waals surface area contributed by atoms with E-state index in [0.717, 1.165) is 17.5 Å². The van der Waals surface area contributed by atoms with Crippen LogP contribution in [0.2, 0.25) is 0 Å². The summed E-state index contributed by atoms with van der Waals surface area (Å²) in [5, 5.41) is 12.2. The fourth-order valence-electron chi connectivity index (χ4n) is 4.62. The van der Waals surface area contributed by atoms with Crippen LogP contribution in [0.5, 0.6) is 11.5 Å². The van der Waals surface area contributed by atoms with Gasteiger partial charge in [0.15, 0.2) is 18.1 Å². The lowest BCUT2D eigenvalue weighted by molar-refractivity contribution is -0.132. The summed E-state index contributed by atoms with van der Waals surface area (Å²) in [4.78, 5) is 43.2. The fraction of sp³-hybridized carbons (Fsp3) is 0.533. The van der Waals surface area contributed by atoms with Crippen LogP contribution in [0.25, 0.3) is 0 Å². The molecule has 0 saturated carbocycles. The second kappa shape index (κ2) is 15.8. The van der Waals surface area contributed by atoms with Crippen molar-refractivity contribution < 1.29 is 23.9 Å². The van der Waals surface area contributed by atoms with Gasteiger partial charge in [-0.3, -0.25) is 19.4 Å². The number of hydrogen-bond acceptors (Lipinski definition) is 7. The molecule has 40 heavy (non-hydrogen) atoms. The van der Waals surface area contributed by atoms with E-state index in [1.54, 1.807) is 25.6 Å². The number of pyridine rings is 1. The Bertz CT molecular complexity index is 1110. The maximum absolute atomic E-state index is 14.0. The first kappa shape index (κ1) is 30.9. The normalized spacial score (nSPS) is 19.4. The van der Waals surface area contributed by atoms with Gasteiger partial charge < -0.3 is 30.7 Å². The third kappa shape index (κ3) is 9.82. The Morgan fingerprint density at radius 1 is 1.15 bits per heavy atom. The highest BCUT2D eigenvalue weighted by molar-refractivity contribution is 5.84. The van der Waals surface area contributed by atoms with Gasteiger partial charge in [0.05, 0.1) is 12.5 Å². The second-order valence-corrected chi connectivity index (χ2v) is 10.7. The molecule has 10 nitrogen and oxygen atoms in total. The number of rotatable bonds is 7. The van der Waals surface area contributed by atoms with Crippen molar-refractivity contribution in [1.29, 1.82) is 0 Å². The Morgan fingerprint density at radius 3 is 2.75 bits per heavy atom. The van der Waals surface area contributed by atoms with E-state index in [2.05, 4.69) is 40.1 Å². The van der Waals surface area contributed by atoms with Crippen molar-refractivity contribution in [2.45, 2.75) is 52.5 Å². The van der Waals surface area contributed by atoms with Crippen LogP contribution in [0.3, 0.4) is 0 Å². The van der Waals surface area contributed by atoms with Crippen LogP contribution >= 0.6 is 0 Å². The van der Waals surface area contributed by atoms with Gasteiger partial charge in [0.1, 0.15) is 0 Å². The number of benzene rings is 1. The number of aromatic nitrogens is 1. The largest absolute Gasteiger partial charge is 0.493 e. The number of fused-ring (bicyclic) bond motifs is 16. The smallest absolute Gasteiger partial charge is 0.257 e. The topological polar surface area (TPSA) is 131 Å². The first-order chi connectivity index (χ1) is 19.3. The number of nitrogens with one attached hydrogen (secondary N) is 4. The lowest BCUT2D eigenvalue weighted by atomic mass is 9.75. The van der Waals surface area contributed by atoms with Crippen molar-refractivity contribution in [3.63, 3.8) is 0 Å². The molecular formula is C30H43N5O5. The van der Waals surface area contributed by atoms with E-state index >= 15 is 0 Å². The Hall–Kier alpha value is -3.66. The van der Waals surface area contributed by atoms with E-state index in [1.807, 2.05) is 24.3 Å².